The van der Waals surface area contributed by atoms with Gasteiger partial charge in [-0.05, 0) is 94.6 Å². The van der Waals surface area contributed by atoms with Crippen molar-refractivity contribution in [2.75, 3.05) is 39.8 Å². The monoisotopic (exact) mass is 397 g/mol. The zero-order valence-electron chi connectivity index (χ0n) is 18.2. The molecule has 1 unspecified atom stereocenters. The maximum absolute atomic E-state index is 13.4. The summed E-state index contributed by atoms with van der Waals surface area (Å²) in [4.78, 5) is 32.8. The summed E-state index contributed by atoms with van der Waals surface area (Å²) in [6, 6.07) is 5.97. The number of rotatable bonds is 2. The van der Waals surface area contributed by atoms with Crippen molar-refractivity contribution < 1.29 is 9.59 Å². The van der Waals surface area contributed by atoms with Gasteiger partial charge in [-0.3, -0.25) is 14.5 Å². The van der Waals surface area contributed by atoms with Crippen LogP contribution < -0.4 is 0 Å². The van der Waals surface area contributed by atoms with Crippen molar-refractivity contribution in [1.29, 1.82) is 0 Å². The molecule has 29 heavy (non-hydrogen) atoms. The highest BCUT2D eigenvalue weighted by Gasteiger charge is 2.50. The standard InChI is InChI=1S/C24H35N3O2/c1-18-7-8-20(17-19(18)2)22(28)27-15-10-24(11-16-27)9-6-12-25(3)21(24)23(29)26-13-4-5-14-26/h7-8,17,21H,4-6,9-16H2,1-3H3. The molecule has 3 aliphatic heterocycles. The van der Waals surface area contributed by atoms with Gasteiger partial charge < -0.3 is 9.80 Å². The predicted octanol–water partition coefficient (Wildman–Crippen LogP) is 3.24. The Hall–Kier alpha value is -1.88. The van der Waals surface area contributed by atoms with E-state index in [4.69, 9.17) is 0 Å². The highest BCUT2D eigenvalue weighted by atomic mass is 16.2. The van der Waals surface area contributed by atoms with Gasteiger partial charge in [-0.2, -0.15) is 0 Å². The van der Waals surface area contributed by atoms with Crippen molar-refractivity contribution in [1.82, 2.24) is 14.7 Å². The van der Waals surface area contributed by atoms with Crippen molar-refractivity contribution in [3.05, 3.63) is 34.9 Å². The Morgan fingerprint density at radius 2 is 1.55 bits per heavy atom. The fraction of sp³-hybridized carbons (Fsp3) is 0.667. The second-order valence-corrected chi connectivity index (χ2v) is 9.47. The fourth-order valence-electron chi connectivity index (χ4n) is 5.71. The van der Waals surface area contributed by atoms with Crippen LogP contribution in [0.5, 0.6) is 0 Å². The lowest BCUT2D eigenvalue weighted by molar-refractivity contribution is -0.145. The van der Waals surface area contributed by atoms with Crippen LogP contribution in [0.3, 0.4) is 0 Å². The quantitative estimate of drug-likeness (QED) is 0.770. The molecule has 0 N–H and O–H groups in total. The summed E-state index contributed by atoms with van der Waals surface area (Å²) in [5, 5.41) is 0. The van der Waals surface area contributed by atoms with Crippen molar-refractivity contribution >= 4 is 11.8 Å². The van der Waals surface area contributed by atoms with E-state index in [2.05, 4.69) is 30.7 Å². The molecule has 0 aliphatic carbocycles. The van der Waals surface area contributed by atoms with E-state index < -0.39 is 0 Å². The summed E-state index contributed by atoms with van der Waals surface area (Å²) in [5.41, 5.74) is 3.18. The average molecular weight is 398 g/mol. The normalized spacial score (nSPS) is 24.9. The maximum Gasteiger partial charge on any atom is 0.253 e. The third kappa shape index (κ3) is 3.81. The van der Waals surface area contributed by atoms with Crippen LogP contribution in [0.25, 0.3) is 0 Å². The van der Waals surface area contributed by atoms with E-state index in [1.165, 1.54) is 5.56 Å². The Bertz CT molecular complexity index is 776. The van der Waals surface area contributed by atoms with Crippen LogP contribution in [0.15, 0.2) is 18.2 Å². The Balaban J connectivity index is 1.48. The average Bonchev–Trinajstić information content (AvgIpc) is 3.25. The number of nitrogens with zero attached hydrogens (tertiary/aromatic N) is 3. The molecule has 0 radical (unpaired) electrons. The first-order valence-electron chi connectivity index (χ1n) is 11.3. The highest BCUT2D eigenvalue weighted by Crippen LogP contribution is 2.45. The van der Waals surface area contributed by atoms with Crippen LogP contribution in [0.2, 0.25) is 0 Å². The Kier molecular flexibility index (Phi) is 5.69. The summed E-state index contributed by atoms with van der Waals surface area (Å²) in [6.07, 6.45) is 6.37. The molecule has 3 heterocycles. The van der Waals surface area contributed by atoms with Gasteiger partial charge in [0.25, 0.3) is 5.91 Å². The van der Waals surface area contributed by atoms with Gasteiger partial charge >= 0.3 is 0 Å². The molecule has 0 saturated carbocycles. The third-order valence-electron chi connectivity index (χ3n) is 7.66. The largest absolute Gasteiger partial charge is 0.341 e. The Morgan fingerprint density at radius 1 is 0.862 bits per heavy atom. The Labute approximate surface area is 175 Å². The van der Waals surface area contributed by atoms with E-state index in [-0.39, 0.29) is 17.4 Å². The molecule has 3 aliphatic rings. The molecule has 0 aromatic heterocycles. The van der Waals surface area contributed by atoms with Crippen LogP contribution in [0.4, 0.5) is 0 Å². The number of aryl methyl sites for hydroxylation is 2. The van der Waals surface area contributed by atoms with Crippen molar-refractivity contribution in [3.8, 4) is 0 Å². The zero-order chi connectivity index (χ0) is 20.6. The molecular weight excluding hydrogens is 362 g/mol. The van der Waals surface area contributed by atoms with Crippen LogP contribution in [0, 0.1) is 19.3 Å². The van der Waals surface area contributed by atoms with Gasteiger partial charge in [-0.25, -0.2) is 0 Å². The van der Waals surface area contributed by atoms with E-state index in [1.807, 2.05) is 23.1 Å². The third-order valence-corrected chi connectivity index (χ3v) is 7.66. The van der Waals surface area contributed by atoms with E-state index in [0.29, 0.717) is 5.91 Å². The molecule has 1 atom stereocenters. The Morgan fingerprint density at radius 3 is 2.21 bits per heavy atom. The minimum Gasteiger partial charge on any atom is -0.341 e. The number of likely N-dealkylation sites (N-methyl/N-ethyl adjacent to an activating group) is 1. The molecule has 1 aromatic rings. The molecule has 4 rings (SSSR count). The minimum absolute atomic E-state index is 0.0202. The lowest BCUT2D eigenvalue weighted by Crippen LogP contribution is -2.61. The van der Waals surface area contributed by atoms with E-state index in [1.54, 1.807) is 0 Å². The number of hydrogen-bond acceptors (Lipinski definition) is 3. The van der Waals surface area contributed by atoms with Gasteiger partial charge in [-0.15, -0.1) is 0 Å². The molecule has 3 saturated heterocycles. The van der Waals surface area contributed by atoms with Crippen LogP contribution >= 0.6 is 0 Å². The molecule has 0 bridgehead atoms. The number of piperidine rings is 2. The predicted molar refractivity (Wildman–Crippen MR) is 115 cm³/mol. The van der Waals surface area contributed by atoms with Crippen molar-refractivity contribution in [2.24, 2.45) is 5.41 Å². The first-order valence-corrected chi connectivity index (χ1v) is 11.3. The number of amides is 2. The van der Waals surface area contributed by atoms with Crippen molar-refractivity contribution in [3.63, 3.8) is 0 Å². The summed E-state index contributed by atoms with van der Waals surface area (Å²) in [5.74, 6) is 0.466. The first kappa shape index (κ1) is 20.4. The SMILES string of the molecule is Cc1ccc(C(=O)N2CCC3(CCCN(C)C3C(=O)N3CCCC3)CC2)cc1C. The number of hydrogen-bond donors (Lipinski definition) is 0. The minimum atomic E-state index is -0.0202. The van der Waals surface area contributed by atoms with Gasteiger partial charge in [0, 0.05) is 31.7 Å². The summed E-state index contributed by atoms with van der Waals surface area (Å²) in [7, 11) is 2.12. The molecule has 3 fully saturated rings. The first-order chi connectivity index (χ1) is 13.9. The van der Waals surface area contributed by atoms with E-state index >= 15 is 0 Å². The molecule has 158 valence electrons. The second kappa shape index (κ2) is 8.10. The molecule has 1 aromatic carbocycles. The number of carbonyl (C=O) groups is 2. The topological polar surface area (TPSA) is 43.9 Å². The maximum atomic E-state index is 13.4. The van der Waals surface area contributed by atoms with Crippen LogP contribution in [-0.2, 0) is 4.79 Å². The molecular formula is C24H35N3O2. The molecule has 5 heteroatoms. The zero-order valence-corrected chi connectivity index (χ0v) is 18.2. The number of carbonyl (C=O) groups excluding carboxylic acids is 2. The second-order valence-electron chi connectivity index (χ2n) is 9.47. The summed E-state index contributed by atoms with van der Waals surface area (Å²) < 4.78 is 0. The van der Waals surface area contributed by atoms with Gasteiger partial charge in [0.1, 0.15) is 0 Å². The van der Waals surface area contributed by atoms with Gasteiger partial charge in [-0.1, -0.05) is 6.07 Å². The summed E-state index contributed by atoms with van der Waals surface area (Å²) in [6.45, 7) is 8.46. The van der Waals surface area contributed by atoms with E-state index in [0.717, 1.165) is 82.4 Å². The van der Waals surface area contributed by atoms with Gasteiger partial charge in [0.2, 0.25) is 5.91 Å². The number of benzene rings is 1. The fourth-order valence-corrected chi connectivity index (χ4v) is 5.71. The lowest BCUT2D eigenvalue weighted by Gasteiger charge is -2.52. The number of likely N-dealkylation sites (tertiary alicyclic amines) is 3. The van der Waals surface area contributed by atoms with Crippen molar-refractivity contribution in [2.45, 2.75) is 58.4 Å². The van der Waals surface area contributed by atoms with Gasteiger partial charge in [0.15, 0.2) is 0 Å². The molecule has 1 spiro atoms. The smallest absolute Gasteiger partial charge is 0.253 e. The lowest BCUT2D eigenvalue weighted by atomic mass is 9.66. The highest BCUT2D eigenvalue weighted by molar-refractivity contribution is 5.94. The van der Waals surface area contributed by atoms with Gasteiger partial charge in [0.05, 0.1) is 6.04 Å². The van der Waals surface area contributed by atoms with Crippen LogP contribution in [0.1, 0.15) is 60.0 Å². The van der Waals surface area contributed by atoms with Crippen LogP contribution in [-0.4, -0.2) is 72.3 Å². The summed E-state index contributed by atoms with van der Waals surface area (Å²) >= 11 is 0. The molecule has 2 amide bonds. The molecule has 5 nitrogen and oxygen atoms in total. The van der Waals surface area contributed by atoms with E-state index in [9.17, 15) is 9.59 Å².